The average Bonchev–Trinajstić information content (AvgIpc) is 2.19. The van der Waals surface area contributed by atoms with Gasteiger partial charge in [0.1, 0.15) is 0 Å². The van der Waals surface area contributed by atoms with Gasteiger partial charge >= 0.3 is 6.16 Å². The first-order chi connectivity index (χ1) is 7.56. The second kappa shape index (κ2) is 3.77. The third-order valence-electron chi connectivity index (χ3n) is 2.33. The third kappa shape index (κ3) is 1.93. The zero-order valence-electron chi connectivity index (χ0n) is 8.89. The molecule has 0 unspecified atom stereocenters. The maximum atomic E-state index is 10.3. The predicted molar refractivity (Wildman–Crippen MR) is 57.7 cm³/mol. The van der Waals surface area contributed by atoms with Crippen molar-refractivity contribution in [3.05, 3.63) is 29.5 Å². The van der Waals surface area contributed by atoms with Crippen LogP contribution in [0.5, 0.6) is 5.88 Å². The Kier molecular flexibility index (Phi) is 2.44. The SMILES string of the molecule is Cc1cc2ncc(OC(=O)O)nc2cc1C. The number of hydrogen-bond donors (Lipinski definition) is 1. The number of ether oxygens (including phenoxy) is 1. The molecular formula is C11H10N2O3. The lowest BCUT2D eigenvalue weighted by Gasteiger charge is -2.04. The molecular weight excluding hydrogens is 208 g/mol. The number of benzene rings is 1. The molecule has 1 aromatic heterocycles. The lowest BCUT2D eigenvalue weighted by molar-refractivity contribution is 0.142. The van der Waals surface area contributed by atoms with Crippen LogP contribution in [0.2, 0.25) is 0 Å². The van der Waals surface area contributed by atoms with Crippen molar-refractivity contribution in [2.45, 2.75) is 13.8 Å². The first-order valence-electron chi connectivity index (χ1n) is 4.71. The van der Waals surface area contributed by atoms with Gasteiger partial charge in [-0.1, -0.05) is 0 Å². The molecule has 0 radical (unpaired) electrons. The molecule has 2 aromatic rings. The summed E-state index contributed by atoms with van der Waals surface area (Å²) in [5, 5.41) is 8.45. The molecule has 0 fully saturated rings. The Balaban J connectivity index is 2.53. The molecule has 0 amide bonds. The minimum absolute atomic E-state index is 0.0109. The molecule has 1 N–H and O–H groups in total. The van der Waals surface area contributed by atoms with Crippen LogP contribution in [0.1, 0.15) is 11.1 Å². The van der Waals surface area contributed by atoms with Gasteiger partial charge < -0.3 is 9.84 Å². The third-order valence-corrected chi connectivity index (χ3v) is 2.33. The van der Waals surface area contributed by atoms with Crippen LogP contribution in [0.4, 0.5) is 4.79 Å². The smallest absolute Gasteiger partial charge is 0.449 e. The van der Waals surface area contributed by atoms with Crippen molar-refractivity contribution in [2.24, 2.45) is 0 Å². The van der Waals surface area contributed by atoms with E-state index in [1.165, 1.54) is 6.20 Å². The largest absolute Gasteiger partial charge is 0.512 e. The van der Waals surface area contributed by atoms with Gasteiger partial charge in [0, 0.05) is 0 Å². The Bertz CT molecular complexity index is 566. The van der Waals surface area contributed by atoms with E-state index in [1.54, 1.807) is 0 Å². The van der Waals surface area contributed by atoms with Crippen LogP contribution in [0.15, 0.2) is 18.3 Å². The van der Waals surface area contributed by atoms with Crippen LogP contribution in [-0.2, 0) is 0 Å². The van der Waals surface area contributed by atoms with E-state index in [1.807, 2.05) is 26.0 Å². The zero-order valence-corrected chi connectivity index (χ0v) is 8.89. The van der Waals surface area contributed by atoms with Crippen LogP contribution in [0.3, 0.4) is 0 Å². The second-order valence-corrected chi connectivity index (χ2v) is 3.50. The summed E-state index contributed by atoms with van der Waals surface area (Å²) in [5.74, 6) is -0.0109. The highest BCUT2D eigenvalue weighted by molar-refractivity contribution is 5.76. The number of aryl methyl sites for hydroxylation is 2. The van der Waals surface area contributed by atoms with Gasteiger partial charge in [0.15, 0.2) is 0 Å². The molecule has 0 aliphatic carbocycles. The fraction of sp³-hybridized carbons (Fsp3) is 0.182. The van der Waals surface area contributed by atoms with Gasteiger partial charge in [-0.3, -0.25) is 0 Å². The lowest BCUT2D eigenvalue weighted by Crippen LogP contribution is -2.05. The molecule has 5 heteroatoms. The molecule has 1 aromatic carbocycles. The van der Waals surface area contributed by atoms with Crippen molar-refractivity contribution in [2.75, 3.05) is 0 Å². The van der Waals surface area contributed by atoms with E-state index < -0.39 is 6.16 Å². The molecule has 0 aliphatic rings. The number of carbonyl (C=O) groups is 1. The summed E-state index contributed by atoms with van der Waals surface area (Å²) in [5.41, 5.74) is 3.55. The number of rotatable bonds is 1. The summed E-state index contributed by atoms with van der Waals surface area (Å²) >= 11 is 0. The minimum atomic E-state index is -1.39. The number of fused-ring (bicyclic) bond motifs is 1. The standard InChI is InChI=1S/C11H10N2O3/c1-6-3-8-9(4-7(6)2)13-10(5-12-8)16-11(14)15/h3-5H,1-2H3,(H,14,15). The van der Waals surface area contributed by atoms with Crippen molar-refractivity contribution in [3.8, 4) is 5.88 Å². The van der Waals surface area contributed by atoms with Gasteiger partial charge in [-0.05, 0) is 37.1 Å². The fourth-order valence-corrected chi connectivity index (χ4v) is 1.39. The fourth-order valence-electron chi connectivity index (χ4n) is 1.39. The molecule has 0 spiro atoms. The Morgan fingerprint density at radius 2 is 1.88 bits per heavy atom. The highest BCUT2D eigenvalue weighted by Gasteiger charge is 2.06. The predicted octanol–water partition coefficient (Wildman–Crippen LogP) is 2.30. The van der Waals surface area contributed by atoms with Crippen LogP contribution in [0, 0.1) is 13.8 Å². The maximum Gasteiger partial charge on any atom is 0.512 e. The van der Waals surface area contributed by atoms with Crippen LogP contribution in [-0.4, -0.2) is 21.2 Å². The topological polar surface area (TPSA) is 72.3 Å². The van der Waals surface area contributed by atoms with Gasteiger partial charge in [0.2, 0.25) is 5.88 Å². The second-order valence-electron chi connectivity index (χ2n) is 3.50. The molecule has 2 rings (SSSR count). The number of aromatic nitrogens is 2. The molecule has 0 bridgehead atoms. The Morgan fingerprint density at radius 3 is 2.50 bits per heavy atom. The molecule has 82 valence electrons. The molecule has 16 heavy (non-hydrogen) atoms. The van der Waals surface area contributed by atoms with E-state index in [9.17, 15) is 4.79 Å². The Labute approximate surface area is 91.7 Å². The number of nitrogens with zero attached hydrogens (tertiary/aromatic N) is 2. The maximum absolute atomic E-state index is 10.3. The van der Waals surface area contributed by atoms with Gasteiger partial charge in [0.05, 0.1) is 17.2 Å². The summed E-state index contributed by atoms with van der Waals surface area (Å²) in [6.45, 7) is 3.94. The van der Waals surface area contributed by atoms with Crippen LogP contribution in [0.25, 0.3) is 11.0 Å². The van der Waals surface area contributed by atoms with Crippen LogP contribution < -0.4 is 4.74 Å². The van der Waals surface area contributed by atoms with E-state index in [2.05, 4.69) is 14.7 Å². The highest BCUT2D eigenvalue weighted by Crippen LogP contribution is 2.18. The van der Waals surface area contributed by atoms with Crippen molar-refractivity contribution >= 4 is 17.2 Å². The van der Waals surface area contributed by atoms with Gasteiger partial charge in [-0.15, -0.1) is 0 Å². The van der Waals surface area contributed by atoms with Crippen molar-refractivity contribution in [1.82, 2.24) is 9.97 Å². The van der Waals surface area contributed by atoms with Crippen LogP contribution >= 0.6 is 0 Å². The molecule has 0 aliphatic heterocycles. The quantitative estimate of drug-likeness (QED) is 0.743. The molecule has 1 heterocycles. The Hall–Kier alpha value is -2.17. The average molecular weight is 218 g/mol. The summed E-state index contributed by atoms with van der Waals surface area (Å²) < 4.78 is 4.44. The summed E-state index contributed by atoms with van der Waals surface area (Å²) in [7, 11) is 0. The monoisotopic (exact) mass is 218 g/mol. The normalized spacial score (nSPS) is 10.4. The van der Waals surface area contributed by atoms with E-state index in [4.69, 9.17) is 5.11 Å². The molecule has 0 atom stereocenters. The number of hydrogen-bond acceptors (Lipinski definition) is 4. The zero-order chi connectivity index (χ0) is 11.7. The highest BCUT2D eigenvalue weighted by atomic mass is 16.7. The van der Waals surface area contributed by atoms with Crippen molar-refractivity contribution < 1.29 is 14.6 Å². The van der Waals surface area contributed by atoms with E-state index in [-0.39, 0.29) is 5.88 Å². The van der Waals surface area contributed by atoms with E-state index in [0.29, 0.717) is 5.52 Å². The minimum Gasteiger partial charge on any atom is -0.449 e. The Morgan fingerprint density at radius 1 is 1.25 bits per heavy atom. The summed E-state index contributed by atoms with van der Waals surface area (Å²) in [6, 6.07) is 3.76. The summed E-state index contributed by atoms with van der Waals surface area (Å²) in [4.78, 5) is 18.5. The van der Waals surface area contributed by atoms with Crippen molar-refractivity contribution in [3.63, 3.8) is 0 Å². The molecule has 0 saturated carbocycles. The first kappa shape index (κ1) is 10.4. The molecule has 0 saturated heterocycles. The first-order valence-corrected chi connectivity index (χ1v) is 4.71. The van der Waals surface area contributed by atoms with Gasteiger partial charge in [-0.2, -0.15) is 0 Å². The van der Waals surface area contributed by atoms with E-state index in [0.717, 1.165) is 16.6 Å². The van der Waals surface area contributed by atoms with Gasteiger partial charge in [-0.25, -0.2) is 14.8 Å². The van der Waals surface area contributed by atoms with E-state index >= 15 is 0 Å². The molecule has 5 nitrogen and oxygen atoms in total. The summed E-state index contributed by atoms with van der Waals surface area (Å²) in [6.07, 6.45) is -0.0944. The van der Waals surface area contributed by atoms with Gasteiger partial charge in [0.25, 0.3) is 0 Å². The lowest BCUT2D eigenvalue weighted by atomic mass is 10.1. The number of carboxylic acid groups (broad SMARTS) is 1. The van der Waals surface area contributed by atoms with Crippen molar-refractivity contribution in [1.29, 1.82) is 0 Å².